The number of benzene rings is 1. The minimum Gasteiger partial charge on any atom is -0.493 e. The van der Waals surface area contributed by atoms with Crippen LogP contribution in [0, 0.1) is 5.92 Å². The van der Waals surface area contributed by atoms with Gasteiger partial charge in [-0.25, -0.2) is 9.97 Å². The fraction of sp³-hybridized carbons (Fsp3) is 0.333. The molecule has 0 unspecified atom stereocenters. The summed E-state index contributed by atoms with van der Waals surface area (Å²) in [5.41, 5.74) is 0.807. The van der Waals surface area contributed by atoms with Gasteiger partial charge in [0, 0.05) is 11.5 Å². The molecule has 0 atom stereocenters. The average molecular weight is 237 g/mol. The molecule has 0 N–H and O–H groups in total. The molecule has 4 heteroatoms. The quantitative estimate of drug-likeness (QED) is 0.767. The van der Waals surface area contributed by atoms with Gasteiger partial charge in [-0.2, -0.15) is 0 Å². The first kappa shape index (κ1) is 11.1. The van der Waals surface area contributed by atoms with Crippen molar-refractivity contribution in [3.05, 3.63) is 29.7 Å². The van der Waals surface area contributed by atoms with Crippen LogP contribution in [0.1, 0.15) is 13.8 Å². The van der Waals surface area contributed by atoms with Crippen molar-refractivity contribution in [2.75, 3.05) is 6.61 Å². The normalized spacial score (nSPS) is 11.0. The van der Waals surface area contributed by atoms with Crippen LogP contribution in [0.3, 0.4) is 0 Å². The van der Waals surface area contributed by atoms with Crippen LogP contribution in [0.4, 0.5) is 0 Å². The Balaban J connectivity index is 2.30. The van der Waals surface area contributed by atoms with Crippen LogP contribution in [0.5, 0.6) is 5.75 Å². The molecule has 0 spiro atoms. The molecule has 0 saturated carbocycles. The Labute approximate surface area is 99.4 Å². The molecule has 1 heterocycles. The molecule has 0 aliphatic carbocycles. The molecule has 0 bridgehead atoms. The highest BCUT2D eigenvalue weighted by Gasteiger charge is 2.03. The van der Waals surface area contributed by atoms with Gasteiger partial charge in [0.15, 0.2) is 0 Å². The van der Waals surface area contributed by atoms with Crippen LogP contribution in [0.25, 0.3) is 10.9 Å². The first-order chi connectivity index (χ1) is 7.66. The van der Waals surface area contributed by atoms with Gasteiger partial charge in [0.2, 0.25) is 0 Å². The second-order valence-corrected chi connectivity index (χ2v) is 4.41. The van der Waals surface area contributed by atoms with Gasteiger partial charge < -0.3 is 4.74 Å². The minimum atomic E-state index is 0.473. The predicted octanol–water partition coefficient (Wildman–Crippen LogP) is 3.32. The zero-order valence-corrected chi connectivity index (χ0v) is 10.0. The maximum atomic E-state index is 5.94. The van der Waals surface area contributed by atoms with Gasteiger partial charge in [0.05, 0.1) is 12.1 Å². The molecular weight excluding hydrogens is 224 g/mol. The Morgan fingerprint density at radius 1 is 1.31 bits per heavy atom. The molecule has 84 valence electrons. The monoisotopic (exact) mass is 236 g/mol. The van der Waals surface area contributed by atoms with E-state index in [1.54, 1.807) is 0 Å². The van der Waals surface area contributed by atoms with Gasteiger partial charge in [0.25, 0.3) is 0 Å². The topological polar surface area (TPSA) is 35.0 Å². The van der Waals surface area contributed by atoms with E-state index in [9.17, 15) is 0 Å². The van der Waals surface area contributed by atoms with Crippen LogP contribution in [-0.4, -0.2) is 16.6 Å². The van der Waals surface area contributed by atoms with Gasteiger partial charge in [-0.3, -0.25) is 0 Å². The van der Waals surface area contributed by atoms with Crippen LogP contribution in [0.2, 0.25) is 5.15 Å². The second kappa shape index (κ2) is 4.66. The van der Waals surface area contributed by atoms with Crippen molar-refractivity contribution in [1.82, 2.24) is 9.97 Å². The molecule has 1 aromatic carbocycles. The summed E-state index contributed by atoms with van der Waals surface area (Å²) in [5.74, 6) is 1.32. The Morgan fingerprint density at radius 3 is 2.88 bits per heavy atom. The zero-order valence-electron chi connectivity index (χ0n) is 9.27. The van der Waals surface area contributed by atoms with Crippen molar-refractivity contribution in [3.8, 4) is 5.75 Å². The number of halogens is 1. The number of hydrogen-bond acceptors (Lipinski definition) is 3. The van der Waals surface area contributed by atoms with E-state index in [1.807, 2.05) is 18.2 Å². The Kier molecular flexibility index (Phi) is 3.25. The molecule has 2 rings (SSSR count). The first-order valence-electron chi connectivity index (χ1n) is 5.20. The molecule has 16 heavy (non-hydrogen) atoms. The Bertz CT molecular complexity index is 499. The fourth-order valence-electron chi connectivity index (χ4n) is 1.36. The molecule has 0 saturated heterocycles. The van der Waals surface area contributed by atoms with E-state index >= 15 is 0 Å². The van der Waals surface area contributed by atoms with Crippen molar-refractivity contribution in [3.63, 3.8) is 0 Å². The average Bonchev–Trinajstić information content (AvgIpc) is 2.26. The predicted molar refractivity (Wildman–Crippen MR) is 64.9 cm³/mol. The van der Waals surface area contributed by atoms with Crippen molar-refractivity contribution < 1.29 is 4.74 Å². The number of ether oxygens (including phenoxy) is 1. The number of hydrogen-bond donors (Lipinski definition) is 0. The lowest BCUT2D eigenvalue weighted by molar-refractivity contribution is 0.271. The number of fused-ring (bicyclic) bond motifs is 1. The van der Waals surface area contributed by atoms with Crippen molar-refractivity contribution in [2.45, 2.75) is 13.8 Å². The molecule has 0 fully saturated rings. The zero-order chi connectivity index (χ0) is 11.5. The van der Waals surface area contributed by atoms with E-state index in [-0.39, 0.29) is 0 Å². The summed E-state index contributed by atoms with van der Waals surface area (Å²) in [6.45, 7) is 4.92. The Morgan fingerprint density at radius 2 is 2.12 bits per heavy atom. The largest absolute Gasteiger partial charge is 0.493 e. The summed E-state index contributed by atoms with van der Waals surface area (Å²) in [5, 5.41) is 1.32. The van der Waals surface area contributed by atoms with E-state index in [0.717, 1.165) is 16.7 Å². The van der Waals surface area contributed by atoms with E-state index in [4.69, 9.17) is 16.3 Å². The standard InChI is InChI=1S/C12H13ClN2O/c1-8(2)6-16-9-3-4-10-11(5-9)14-7-15-12(10)13/h3-5,7-8H,6H2,1-2H3. The summed E-state index contributed by atoms with van der Waals surface area (Å²) in [4.78, 5) is 8.08. The molecule has 1 aromatic heterocycles. The molecule has 0 aliphatic heterocycles. The minimum absolute atomic E-state index is 0.473. The molecule has 0 radical (unpaired) electrons. The highest BCUT2D eigenvalue weighted by atomic mass is 35.5. The highest BCUT2D eigenvalue weighted by molar-refractivity contribution is 6.34. The first-order valence-corrected chi connectivity index (χ1v) is 5.57. The van der Waals surface area contributed by atoms with Gasteiger partial charge in [-0.1, -0.05) is 25.4 Å². The number of nitrogens with zero attached hydrogens (tertiary/aromatic N) is 2. The van der Waals surface area contributed by atoms with Crippen LogP contribution < -0.4 is 4.74 Å². The third-order valence-electron chi connectivity index (χ3n) is 2.14. The molecule has 2 aromatic rings. The van der Waals surface area contributed by atoms with Crippen LogP contribution in [0.15, 0.2) is 24.5 Å². The highest BCUT2D eigenvalue weighted by Crippen LogP contribution is 2.23. The lowest BCUT2D eigenvalue weighted by Crippen LogP contribution is -2.04. The molecule has 3 nitrogen and oxygen atoms in total. The van der Waals surface area contributed by atoms with Crippen molar-refractivity contribution >= 4 is 22.5 Å². The Hall–Kier alpha value is -1.35. The number of rotatable bonds is 3. The maximum Gasteiger partial charge on any atom is 0.140 e. The van der Waals surface area contributed by atoms with Crippen LogP contribution >= 0.6 is 11.6 Å². The smallest absolute Gasteiger partial charge is 0.140 e. The maximum absolute atomic E-state index is 5.94. The van der Waals surface area contributed by atoms with Crippen molar-refractivity contribution in [1.29, 1.82) is 0 Å². The summed E-state index contributed by atoms with van der Waals surface area (Å²) in [6, 6.07) is 5.65. The van der Waals surface area contributed by atoms with E-state index in [1.165, 1.54) is 6.33 Å². The molecule has 0 aliphatic rings. The van der Waals surface area contributed by atoms with E-state index in [0.29, 0.717) is 17.7 Å². The SMILES string of the molecule is CC(C)COc1ccc2c(Cl)ncnc2c1. The summed E-state index contributed by atoms with van der Waals surface area (Å²) in [6.07, 6.45) is 1.46. The van der Waals surface area contributed by atoms with Gasteiger partial charge in [0.1, 0.15) is 17.2 Å². The molecular formula is C12H13ClN2O. The molecule has 0 amide bonds. The second-order valence-electron chi connectivity index (χ2n) is 4.05. The lowest BCUT2D eigenvalue weighted by atomic mass is 10.2. The van der Waals surface area contributed by atoms with E-state index < -0.39 is 0 Å². The third-order valence-corrected chi connectivity index (χ3v) is 2.44. The summed E-state index contributed by atoms with van der Waals surface area (Å²) < 4.78 is 5.61. The van der Waals surface area contributed by atoms with E-state index in [2.05, 4.69) is 23.8 Å². The summed E-state index contributed by atoms with van der Waals surface area (Å²) >= 11 is 5.94. The van der Waals surface area contributed by atoms with Gasteiger partial charge in [-0.05, 0) is 18.1 Å². The number of aromatic nitrogens is 2. The lowest BCUT2D eigenvalue weighted by Gasteiger charge is -2.09. The van der Waals surface area contributed by atoms with Gasteiger partial charge >= 0.3 is 0 Å². The van der Waals surface area contributed by atoms with Crippen molar-refractivity contribution in [2.24, 2.45) is 5.92 Å². The third kappa shape index (κ3) is 2.42. The van der Waals surface area contributed by atoms with Gasteiger partial charge in [-0.15, -0.1) is 0 Å². The summed E-state index contributed by atoms with van der Waals surface area (Å²) in [7, 11) is 0. The fourth-order valence-corrected chi connectivity index (χ4v) is 1.56. The van der Waals surface area contributed by atoms with Crippen LogP contribution in [-0.2, 0) is 0 Å².